The largest absolute Gasteiger partial charge is 0.497 e. The molecule has 1 aromatic carbocycles. The van der Waals surface area contributed by atoms with Crippen LogP contribution < -0.4 is 15.2 Å². The third-order valence-corrected chi connectivity index (χ3v) is 7.77. The molecule has 0 saturated heterocycles. The van der Waals surface area contributed by atoms with Gasteiger partial charge in [0.25, 0.3) is 5.56 Å². The first-order chi connectivity index (χ1) is 15.6. The first-order valence-corrected chi connectivity index (χ1v) is 12.3. The Morgan fingerprint density at radius 1 is 1.25 bits per heavy atom. The second-order valence-electron chi connectivity index (χ2n) is 8.02. The number of hydrogen-bond donors (Lipinski definition) is 0. The molecule has 1 aliphatic rings. The molecule has 164 valence electrons. The molecular formula is C24H23N3O3S2. The molecule has 1 fully saturated rings. The normalized spacial score (nSPS) is 14.4. The summed E-state index contributed by atoms with van der Waals surface area (Å²) in [5.41, 5.74) is 1.52. The Kier molecular flexibility index (Phi) is 5.57. The number of nitrogens with zero attached hydrogens (tertiary/aromatic N) is 3. The van der Waals surface area contributed by atoms with Crippen LogP contribution in [0.1, 0.15) is 19.8 Å². The molecule has 1 atom stereocenters. The number of benzene rings is 1. The van der Waals surface area contributed by atoms with E-state index in [2.05, 4.69) is 11.9 Å². The summed E-state index contributed by atoms with van der Waals surface area (Å²) >= 11 is 3.04. The van der Waals surface area contributed by atoms with Crippen LogP contribution >= 0.6 is 22.7 Å². The van der Waals surface area contributed by atoms with Gasteiger partial charge in [0, 0.05) is 27.5 Å². The second-order valence-corrected chi connectivity index (χ2v) is 9.83. The molecule has 6 nitrogen and oxygen atoms in total. The lowest BCUT2D eigenvalue weighted by atomic mass is 10.1. The van der Waals surface area contributed by atoms with Gasteiger partial charge in [-0.15, -0.1) is 22.7 Å². The molecule has 0 bridgehead atoms. The lowest BCUT2D eigenvalue weighted by Gasteiger charge is -2.30. The van der Waals surface area contributed by atoms with Crippen LogP contribution in [0.5, 0.6) is 5.75 Å². The fourth-order valence-electron chi connectivity index (χ4n) is 4.05. The SMILES string of the molecule is COc1ccc(N(C(=O)Cn2cnc3scc(-c4cccs4)c3c2=O)C(C)C2CC2)cc1. The lowest BCUT2D eigenvalue weighted by molar-refractivity contribution is -0.119. The van der Waals surface area contributed by atoms with Crippen molar-refractivity contribution in [1.82, 2.24) is 9.55 Å². The summed E-state index contributed by atoms with van der Waals surface area (Å²) in [6.07, 6.45) is 3.73. The van der Waals surface area contributed by atoms with E-state index < -0.39 is 0 Å². The number of fused-ring (bicyclic) bond motifs is 1. The van der Waals surface area contributed by atoms with Crippen molar-refractivity contribution in [3.63, 3.8) is 0 Å². The minimum absolute atomic E-state index is 0.0510. The summed E-state index contributed by atoms with van der Waals surface area (Å²) in [4.78, 5) is 34.9. The van der Waals surface area contributed by atoms with Gasteiger partial charge in [-0.05, 0) is 61.4 Å². The molecule has 0 spiro atoms. The van der Waals surface area contributed by atoms with Gasteiger partial charge in [0.05, 0.1) is 18.8 Å². The summed E-state index contributed by atoms with van der Waals surface area (Å²) in [5.74, 6) is 1.11. The maximum Gasteiger partial charge on any atom is 0.263 e. The van der Waals surface area contributed by atoms with Gasteiger partial charge < -0.3 is 9.64 Å². The van der Waals surface area contributed by atoms with E-state index in [0.29, 0.717) is 16.1 Å². The molecular weight excluding hydrogens is 442 g/mol. The number of carbonyl (C=O) groups excluding carboxylic acids is 1. The highest BCUT2D eigenvalue weighted by molar-refractivity contribution is 7.18. The maximum atomic E-state index is 13.5. The van der Waals surface area contributed by atoms with Crippen LogP contribution in [0.15, 0.2) is 58.3 Å². The van der Waals surface area contributed by atoms with Gasteiger partial charge >= 0.3 is 0 Å². The van der Waals surface area contributed by atoms with E-state index in [4.69, 9.17) is 4.74 Å². The smallest absolute Gasteiger partial charge is 0.263 e. The fourth-order valence-corrected chi connectivity index (χ4v) is 5.77. The van der Waals surface area contributed by atoms with Crippen molar-refractivity contribution in [1.29, 1.82) is 0 Å². The molecule has 0 radical (unpaired) electrons. The Balaban J connectivity index is 1.49. The van der Waals surface area contributed by atoms with Gasteiger partial charge in [0.1, 0.15) is 17.1 Å². The van der Waals surface area contributed by atoms with E-state index in [-0.39, 0.29) is 24.1 Å². The number of rotatable bonds is 7. The summed E-state index contributed by atoms with van der Waals surface area (Å²) in [6, 6.07) is 11.5. The number of carbonyl (C=O) groups is 1. The zero-order valence-corrected chi connectivity index (χ0v) is 19.5. The quantitative estimate of drug-likeness (QED) is 0.384. The number of ether oxygens (including phenoxy) is 1. The molecule has 8 heteroatoms. The monoisotopic (exact) mass is 465 g/mol. The molecule has 3 heterocycles. The molecule has 1 amide bonds. The van der Waals surface area contributed by atoms with Gasteiger partial charge in [-0.3, -0.25) is 14.2 Å². The van der Waals surface area contributed by atoms with Crippen molar-refractivity contribution in [2.45, 2.75) is 32.4 Å². The van der Waals surface area contributed by atoms with Crippen LogP contribution in [0.3, 0.4) is 0 Å². The maximum absolute atomic E-state index is 13.5. The van der Waals surface area contributed by atoms with E-state index in [0.717, 1.165) is 34.7 Å². The Morgan fingerprint density at radius 2 is 2.03 bits per heavy atom. The summed E-state index contributed by atoms with van der Waals surface area (Å²) in [6.45, 7) is 2.03. The minimum atomic E-state index is -0.179. The zero-order valence-electron chi connectivity index (χ0n) is 17.9. The van der Waals surface area contributed by atoms with Crippen molar-refractivity contribution in [3.05, 3.63) is 63.8 Å². The topological polar surface area (TPSA) is 64.4 Å². The minimum Gasteiger partial charge on any atom is -0.497 e. The molecule has 1 aliphatic carbocycles. The Hall–Kier alpha value is -2.97. The van der Waals surface area contributed by atoms with Gasteiger partial charge in [0.2, 0.25) is 5.91 Å². The Bertz CT molecular complexity index is 1300. The fraction of sp³-hybridized carbons (Fsp3) is 0.292. The number of aromatic nitrogens is 2. The number of amides is 1. The van der Waals surface area contributed by atoms with Crippen LogP contribution in [-0.4, -0.2) is 28.6 Å². The summed E-state index contributed by atoms with van der Waals surface area (Å²) in [7, 11) is 1.62. The van der Waals surface area contributed by atoms with E-state index in [1.54, 1.807) is 18.4 Å². The lowest BCUT2D eigenvalue weighted by Crippen LogP contribution is -2.43. The highest BCUT2D eigenvalue weighted by atomic mass is 32.1. The van der Waals surface area contributed by atoms with Crippen LogP contribution in [-0.2, 0) is 11.3 Å². The molecule has 1 unspecified atom stereocenters. The number of anilines is 1. The Morgan fingerprint density at radius 3 is 2.69 bits per heavy atom. The van der Waals surface area contributed by atoms with E-state index in [9.17, 15) is 9.59 Å². The third kappa shape index (κ3) is 3.84. The summed E-state index contributed by atoms with van der Waals surface area (Å²) in [5, 5.41) is 4.54. The van der Waals surface area contributed by atoms with Crippen LogP contribution in [0.25, 0.3) is 20.7 Å². The van der Waals surface area contributed by atoms with E-state index in [1.165, 1.54) is 22.2 Å². The van der Waals surface area contributed by atoms with Crippen molar-refractivity contribution >= 4 is 44.5 Å². The second kappa shape index (κ2) is 8.52. The zero-order chi connectivity index (χ0) is 22.2. The molecule has 5 rings (SSSR count). The van der Waals surface area contributed by atoms with Gasteiger partial charge in [-0.25, -0.2) is 4.98 Å². The van der Waals surface area contributed by atoms with Crippen LogP contribution in [0.4, 0.5) is 5.69 Å². The van der Waals surface area contributed by atoms with Gasteiger partial charge in [-0.2, -0.15) is 0 Å². The summed E-state index contributed by atoms with van der Waals surface area (Å²) < 4.78 is 6.70. The number of thiophene rings is 2. The molecule has 3 aromatic heterocycles. The average molecular weight is 466 g/mol. The van der Waals surface area contributed by atoms with Crippen LogP contribution in [0, 0.1) is 5.92 Å². The standard InChI is InChI=1S/C24H23N3O3S2/c1-15(16-5-6-16)27(17-7-9-18(30-2)10-8-17)21(28)12-26-14-25-23-22(24(26)29)19(13-32-23)20-4-3-11-31-20/h3-4,7-11,13-16H,5-6,12H2,1-2H3. The number of methoxy groups -OCH3 is 1. The molecule has 0 aliphatic heterocycles. The van der Waals surface area contributed by atoms with Gasteiger partial charge in [0.15, 0.2) is 0 Å². The van der Waals surface area contributed by atoms with E-state index in [1.807, 2.05) is 52.1 Å². The van der Waals surface area contributed by atoms with Crippen LogP contribution in [0.2, 0.25) is 0 Å². The van der Waals surface area contributed by atoms with Crippen molar-refractivity contribution in [2.24, 2.45) is 5.92 Å². The molecule has 1 saturated carbocycles. The van der Waals surface area contributed by atoms with Crippen molar-refractivity contribution < 1.29 is 9.53 Å². The average Bonchev–Trinajstić information content (AvgIpc) is 3.34. The van der Waals surface area contributed by atoms with Gasteiger partial charge in [-0.1, -0.05) is 6.07 Å². The molecule has 32 heavy (non-hydrogen) atoms. The highest BCUT2D eigenvalue weighted by Gasteiger charge is 2.35. The first kappa shape index (κ1) is 20.9. The number of hydrogen-bond acceptors (Lipinski definition) is 6. The van der Waals surface area contributed by atoms with Crippen molar-refractivity contribution in [3.8, 4) is 16.2 Å². The first-order valence-electron chi connectivity index (χ1n) is 10.5. The molecule has 4 aromatic rings. The third-order valence-electron chi connectivity index (χ3n) is 5.98. The predicted octanol–water partition coefficient (Wildman–Crippen LogP) is 5.03. The predicted molar refractivity (Wildman–Crippen MR) is 130 cm³/mol. The highest BCUT2D eigenvalue weighted by Crippen LogP contribution is 2.37. The Labute approximate surface area is 193 Å². The van der Waals surface area contributed by atoms with E-state index >= 15 is 0 Å². The van der Waals surface area contributed by atoms with Crippen molar-refractivity contribution in [2.75, 3.05) is 12.0 Å². The molecule has 0 N–H and O–H groups in total.